The molecule has 0 spiro atoms. The van der Waals surface area contributed by atoms with Crippen molar-refractivity contribution in [2.45, 2.75) is 26.7 Å². The van der Waals surface area contributed by atoms with Gasteiger partial charge in [0.05, 0.1) is 24.4 Å². The predicted octanol–water partition coefficient (Wildman–Crippen LogP) is 2.94. The highest BCUT2D eigenvalue weighted by Crippen LogP contribution is 2.25. The number of hydrogen-bond acceptors (Lipinski definition) is 3. The zero-order chi connectivity index (χ0) is 13.5. The summed E-state index contributed by atoms with van der Waals surface area (Å²) in [5.74, 6) is 0.827. The summed E-state index contributed by atoms with van der Waals surface area (Å²) in [6.45, 7) is 4.09. The number of ether oxygens (including phenoxy) is 1. The molecule has 0 aliphatic rings. The van der Waals surface area contributed by atoms with Gasteiger partial charge in [-0.25, -0.2) is 0 Å². The van der Waals surface area contributed by atoms with E-state index in [0.717, 1.165) is 6.42 Å². The summed E-state index contributed by atoms with van der Waals surface area (Å²) >= 11 is 0. The highest BCUT2D eigenvalue weighted by atomic mass is 16.5. The number of benzene rings is 1. The maximum atomic E-state index is 11.8. The number of nitrogens with one attached hydrogen (secondary N) is 1. The number of hydrogen-bond donors (Lipinski definition) is 1. The van der Waals surface area contributed by atoms with E-state index in [4.69, 9.17) is 10.00 Å². The lowest BCUT2D eigenvalue weighted by atomic mass is 10.0. The molecule has 0 aliphatic heterocycles. The molecule has 0 radical (unpaired) electrons. The molecule has 18 heavy (non-hydrogen) atoms. The van der Waals surface area contributed by atoms with Gasteiger partial charge in [-0.2, -0.15) is 5.26 Å². The largest absolute Gasteiger partial charge is 0.495 e. The number of amides is 1. The Balaban J connectivity index is 2.78. The summed E-state index contributed by atoms with van der Waals surface area (Å²) in [7, 11) is 1.51. The van der Waals surface area contributed by atoms with Gasteiger partial charge in [-0.1, -0.05) is 20.3 Å². The molecule has 1 aromatic rings. The molecule has 0 heterocycles. The number of methoxy groups -OCH3 is 1. The van der Waals surface area contributed by atoms with Crippen molar-refractivity contribution in [2.24, 2.45) is 5.92 Å². The predicted molar refractivity (Wildman–Crippen MR) is 70.4 cm³/mol. The molecule has 0 bridgehead atoms. The Morgan fingerprint density at radius 1 is 1.56 bits per heavy atom. The van der Waals surface area contributed by atoms with Gasteiger partial charge < -0.3 is 10.1 Å². The number of anilines is 1. The fourth-order valence-electron chi connectivity index (χ4n) is 1.53. The van der Waals surface area contributed by atoms with E-state index in [0.29, 0.717) is 29.3 Å². The number of rotatable bonds is 5. The molecule has 0 fully saturated rings. The van der Waals surface area contributed by atoms with Gasteiger partial charge in [0.25, 0.3) is 0 Å². The SMILES string of the molecule is CCC(C)CC(=O)Nc1ccc(C#N)cc1OC. The second-order valence-electron chi connectivity index (χ2n) is 4.29. The van der Waals surface area contributed by atoms with Crippen molar-refractivity contribution >= 4 is 11.6 Å². The molecule has 1 unspecified atom stereocenters. The van der Waals surface area contributed by atoms with Gasteiger partial charge in [0.1, 0.15) is 5.75 Å². The summed E-state index contributed by atoms with van der Waals surface area (Å²) in [6.07, 6.45) is 1.46. The zero-order valence-electron chi connectivity index (χ0n) is 11.0. The van der Waals surface area contributed by atoms with Crippen LogP contribution in [0.4, 0.5) is 5.69 Å². The standard InChI is InChI=1S/C14H18N2O2/c1-4-10(2)7-14(17)16-12-6-5-11(9-15)8-13(12)18-3/h5-6,8,10H,4,7H2,1-3H3,(H,16,17). The van der Waals surface area contributed by atoms with E-state index in [1.165, 1.54) is 7.11 Å². The topological polar surface area (TPSA) is 62.1 Å². The van der Waals surface area contributed by atoms with Crippen LogP contribution in [0.3, 0.4) is 0 Å². The number of nitriles is 1. The zero-order valence-corrected chi connectivity index (χ0v) is 11.0. The highest BCUT2D eigenvalue weighted by molar-refractivity contribution is 5.92. The van der Waals surface area contributed by atoms with Crippen molar-refractivity contribution < 1.29 is 9.53 Å². The van der Waals surface area contributed by atoms with E-state index in [2.05, 4.69) is 12.2 Å². The van der Waals surface area contributed by atoms with Gasteiger partial charge in [0.15, 0.2) is 0 Å². The lowest BCUT2D eigenvalue weighted by molar-refractivity contribution is -0.117. The molecule has 1 amide bonds. The molecule has 4 heteroatoms. The molecule has 0 saturated heterocycles. The Bertz CT molecular complexity index is 463. The lowest BCUT2D eigenvalue weighted by Crippen LogP contribution is -2.15. The van der Waals surface area contributed by atoms with Crippen molar-refractivity contribution in [1.29, 1.82) is 5.26 Å². The monoisotopic (exact) mass is 246 g/mol. The first kappa shape index (κ1) is 14.0. The number of nitrogens with zero attached hydrogens (tertiary/aromatic N) is 1. The van der Waals surface area contributed by atoms with E-state index in [9.17, 15) is 4.79 Å². The highest BCUT2D eigenvalue weighted by Gasteiger charge is 2.11. The molecule has 1 aromatic carbocycles. The molecule has 4 nitrogen and oxygen atoms in total. The average molecular weight is 246 g/mol. The maximum absolute atomic E-state index is 11.8. The first-order valence-electron chi connectivity index (χ1n) is 5.98. The first-order valence-corrected chi connectivity index (χ1v) is 5.98. The van der Waals surface area contributed by atoms with Gasteiger partial charge in [-0.3, -0.25) is 4.79 Å². The Labute approximate surface area is 108 Å². The van der Waals surface area contributed by atoms with Crippen LogP contribution in [0.2, 0.25) is 0 Å². The third-order valence-corrected chi connectivity index (χ3v) is 2.84. The Hall–Kier alpha value is -2.02. The number of carbonyl (C=O) groups excluding carboxylic acids is 1. The van der Waals surface area contributed by atoms with Gasteiger partial charge in [-0.05, 0) is 18.1 Å². The third kappa shape index (κ3) is 3.77. The summed E-state index contributed by atoms with van der Waals surface area (Å²) < 4.78 is 5.15. The van der Waals surface area contributed by atoms with Crippen LogP contribution in [0.25, 0.3) is 0 Å². The molecule has 1 atom stereocenters. The van der Waals surface area contributed by atoms with E-state index >= 15 is 0 Å². The summed E-state index contributed by atoms with van der Waals surface area (Å²) in [5, 5.41) is 11.6. The fraction of sp³-hybridized carbons (Fsp3) is 0.429. The van der Waals surface area contributed by atoms with E-state index < -0.39 is 0 Å². The van der Waals surface area contributed by atoms with Crippen molar-refractivity contribution in [1.82, 2.24) is 0 Å². The second kappa shape index (κ2) is 6.65. The van der Waals surface area contributed by atoms with Crippen LogP contribution < -0.4 is 10.1 Å². The molecular formula is C14H18N2O2. The van der Waals surface area contributed by atoms with Crippen LogP contribution in [-0.2, 0) is 4.79 Å². The van der Waals surface area contributed by atoms with Crippen LogP contribution in [0.5, 0.6) is 5.75 Å². The number of carbonyl (C=O) groups is 1. The smallest absolute Gasteiger partial charge is 0.224 e. The van der Waals surface area contributed by atoms with Gasteiger partial charge >= 0.3 is 0 Å². The molecular weight excluding hydrogens is 228 g/mol. The molecule has 1 N–H and O–H groups in total. The van der Waals surface area contributed by atoms with Crippen LogP contribution in [-0.4, -0.2) is 13.0 Å². The summed E-state index contributed by atoms with van der Waals surface area (Å²) in [6, 6.07) is 6.98. The molecule has 96 valence electrons. The molecule has 1 rings (SSSR count). The van der Waals surface area contributed by atoms with E-state index in [-0.39, 0.29) is 5.91 Å². The summed E-state index contributed by atoms with van der Waals surface area (Å²) in [4.78, 5) is 11.8. The Morgan fingerprint density at radius 3 is 2.83 bits per heavy atom. The quantitative estimate of drug-likeness (QED) is 0.868. The molecule has 0 aliphatic carbocycles. The average Bonchev–Trinajstić information content (AvgIpc) is 2.38. The van der Waals surface area contributed by atoms with Crippen molar-refractivity contribution in [2.75, 3.05) is 12.4 Å². The van der Waals surface area contributed by atoms with Crippen LogP contribution in [0, 0.1) is 17.2 Å². The van der Waals surface area contributed by atoms with Crippen molar-refractivity contribution in [3.8, 4) is 11.8 Å². The second-order valence-corrected chi connectivity index (χ2v) is 4.29. The first-order chi connectivity index (χ1) is 8.60. The molecule has 0 aromatic heterocycles. The van der Waals surface area contributed by atoms with Crippen LogP contribution in [0.15, 0.2) is 18.2 Å². The Kier molecular flexibility index (Phi) is 5.19. The van der Waals surface area contributed by atoms with Crippen molar-refractivity contribution in [3.05, 3.63) is 23.8 Å². The lowest BCUT2D eigenvalue weighted by Gasteiger charge is -2.12. The minimum Gasteiger partial charge on any atom is -0.495 e. The minimum absolute atomic E-state index is 0.0349. The van der Waals surface area contributed by atoms with Crippen LogP contribution in [0.1, 0.15) is 32.3 Å². The van der Waals surface area contributed by atoms with E-state index in [1.807, 2.05) is 13.0 Å². The fourth-order valence-corrected chi connectivity index (χ4v) is 1.53. The minimum atomic E-state index is -0.0349. The van der Waals surface area contributed by atoms with Crippen LogP contribution >= 0.6 is 0 Å². The maximum Gasteiger partial charge on any atom is 0.224 e. The molecule has 0 saturated carbocycles. The van der Waals surface area contributed by atoms with Gasteiger partial charge in [0.2, 0.25) is 5.91 Å². The normalized spacial score (nSPS) is 11.4. The van der Waals surface area contributed by atoms with Gasteiger partial charge in [0, 0.05) is 12.5 Å². The summed E-state index contributed by atoms with van der Waals surface area (Å²) in [5.41, 5.74) is 1.11. The third-order valence-electron chi connectivity index (χ3n) is 2.84. The van der Waals surface area contributed by atoms with Gasteiger partial charge in [-0.15, -0.1) is 0 Å². The van der Waals surface area contributed by atoms with Crippen molar-refractivity contribution in [3.63, 3.8) is 0 Å². The van der Waals surface area contributed by atoms with E-state index in [1.54, 1.807) is 18.2 Å². The Morgan fingerprint density at radius 2 is 2.28 bits per heavy atom.